The summed E-state index contributed by atoms with van der Waals surface area (Å²) >= 11 is 0. The number of ether oxygens (including phenoxy) is 6. The highest BCUT2D eigenvalue weighted by Gasteiger charge is 2.29. The molecule has 2 aromatic heterocycles. The molecule has 0 aliphatic heterocycles. The minimum absolute atomic E-state index is 0.0134. The zero-order chi connectivity index (χ0) is 37.8. The van der Waals surface area contributed by atoms with Crippen molar-refractivity contribution in [3.63, 3.8) is 0 Å². The molecule has 0 saturated heterocycles. The van der Waals surface area contributed by atoms with Gasteiger partial charge in [-0.3, -0.25) is 10.7 Å². The van der Waals surface area contributed by atoms with Gasteiger partial charge in [0.05, 0.1) is 19.8 Å². The van der Waals surface area contributed by atoms with Gasteiger partial charge in [-0.2, -0.15) is 4.98 Å². The second kappa shape index (κ2) is 17.7. The van der Waals surface area contributed by atoms with E-state index in [4.69, 9.17) is 33.8 Å². The van der Waals surface area contributed by atoms with Gasteiger partial charge in [0.15, 0.2) is 17.4 Å². The number of carbonyl (C=O) groups excluding carboxylic acids is 2. The molecule has 17 nitrogen and oxygen atoms in total. The number of alkyl carbamates (subject to hydrolysis) is 1. The van der Waals surface area contributed by atoms with Crippen molar-refractivity contribution in [1.82, 2.24) is 30.0 Å². The van der Waals surface area contributed by atoms with Gasteiger partial charge >= 0.3 is 18.3 Å². The van der Waals surface area contributed by atoms with Crippen LogP contribution >= 0.6 is 0 Å². The summed E-state index contributed by atoms with van der Waals surface area (Å²) in [5.41, 5.74) is -0.769. The number of aliphatic hydroxyl groups excluding tert-OH is 1. The number of alkyl halides is 1. The number of halogens is 2. The topological polar surface area (TPSA) is 214 Å². The van der Waals surface area contributed by atoms with Crippen molar-refractivity contribution >= 4 is 23.8 Å². The number of nitrogens with one attached hydrogen (secondary N) is 3. The van der Waals surface area contributed by atoms with Gasteiger partial charge in [0.1, 0.15) is 36.5 Å². The Morgan fingerprint density at radius 1 is 1.10 bits per heavy atom. The van der Waals surface area contributed by atoms with Crippen molar-refractivity contribution in [1.29, 1.82) is 5.41 Å². The first kappa shape index (κ1) is 38.7. The molecular weight excluding hydrogens is 690 g/mol. The van der Waals surface area contributed by atoms with Crippen LogP contribution in [0.5, 0.6) is 17.5 Å². The molecule has 52 heavy (non-hydrogen) atoms. The lowest BCUT2D eigenvalue weighted by Crippen LogP contribution is -2.32. The molecule has 19 heteroatoms. The Kier molecular flexibility index (Phi) is 13.2. The number of methoxy groups -OCH3 is 1. The number of carbonyl (C=O) groups is 2. The van der Waals surface area contributed by atoms with E-state index in [1.165, 1.54) is 57.6 Å². The van der Waals surface area contributed by atoms with Gasteiger partial charge in [0, 0.05) is 35.3 Å². The van der Waals surface area contributed by atoms with Crippen LogP contribution in [0.2, 0.25) is 0 Å². The summed E-state index contributed by atoms with van der Waals surface area (Å²) in [7, 11) is 1.37. The molecule has 2 aromatic carbocycles. The summed E-state index contributed by atoms with van der Waals surface area (Å²) in [6.07, 6.45) is 0.478. The molecule has 278 valence electrons. The van der Waals surface area contributed by atoms with Crippen LogP contribution in [0.4, 0.5) is 24.1 Å². The van der Waals surface area contributed by atoms with Gasteiger partial charge in [-0.1, -0.05) is 0 Å². The van der Waals surface area contributed by atoms with E-state index in [1.54, 1.807) is 32.0 Å². The Morgan fingerprint density at radius 3 is 2.44 bits per heavy atom. The highest BCUT2D eigenvalue weighted by atomic mass is 19.1. The zero-order valence-corrected chi connectivity index (χ0v) is 28.9. The average molecular weight is 729 g/mol. The molecule has 0 fully saturated rings. The van der Waals surface area contributed by atoms with E-state index >= 15 is 4.39 Å². The first-order valence-corrected chi connectivity index (χ1v) is 15.7. The van der Waals surface area contributed by atoms with Gasteiger partial charge in [-0.05, 0) is 64.1 Å². The van der Waals surface area contributed by atoms with Crippen molar-refractivity contribution in [3.05, 3.63) is 77.6 Å². The standard InChI is InChI=1S/C33H38F2N8O9/c1-19(2)51-31(45)40-27(36)20-7-9-21(10-8-20)39-26(23-15-22(47-5)16-24(25(23)35)48-14-13-44)28-41-30(43(42-28)29-37-11-6-12-38-29)49-18-50-32(46)52-33(3,4)17-34/h6-12,15-16,19,26,39,44H,13-14,17-18H2,1-5H3,(H2,36,40,45)/t26-/m1/s1. The van der Waals surface area contributed by atoms with Crippen molar-refractivity contribution < 1.29 is 51.9 Å². The quantitative estimate of drug-likeness (QED) is 0.0542. The third-order valence-corrected chi connectivity index (χ3v) is 6.63. The number of amidine groups is 1. The number of nitrogens with zero attached hydrogens (tertiary/aromatic N) is 5. The molecule has 1 atom stereocenters. The fourth-order valence-electron chi connectivity index (χ4n) is 4.25. The Morgan fingerprint density at radius 2 is 1.81 bits per heavy atom. The Labute approximate surface area is 296 Å². The maximum absolute atomic E-state index is 16.2. The lowest BCUT2D eigenvalue weighted by molar-refractivity contribution is -0.0520. The van der Waals surface area contributed by atoms with Crippen LogP contribution in [-0.4, -0.2) is 93.4 Å². The molecule has 4 N–H and O–H groups in total. The molecule has 2 heterocycles. The predicted molar refractivity (Wildman–Crippen MR) is 179 cm³/mol. The number of rotatable bonds is 16. The normalized spacial score (nSPS) is 11.7. The summed E-state index contributed by atoms with van der Waals surface area (Å²) in [5, 5.41) is 27.6. The predicted octanol–water partition coefficient (Wildman–Crippen LogP) is 4.48. The van der Waals surface area contributed by atoms with E-state index in [2.05, 4.69) is 30.7 Å². The van der Waals surface area contributed by atoms with Crippen LogP contribution in [0.15, 0.2) is 54.9 Å². The van der Waals surface area contributed by atoms with Crippen LogP contribution in [0.25, 0.3) is 5.95 Å². The molecule has 0 radical (unpaired) electrons. The van der Waals surface area contributed by atoms with Crippen molar-refractivity contribution in [2.24, 2.45) is 0 Å². The zero-order valence-electron chi connectivity index (χ0n) is 28.9. The van der Waals surface area contributed by atoms with E-state index in [-0.39, 0.29) is 60.0 Å². The van der Waals surface area contributed by atoms with Gasteiger partial charge in [-0.15, -0.1) is 9.78 Å². The molecule has 0 unspecified atom stereocenters. The van der Waals surface area contributed by atoms with Crippen LogP contribution < -0.4 is 24.8 Å². The van der Waals surface area contributed by atoms with Crippen LogP contribution in [0, 0.1) is 11.2 Å². The fourth-order valence-corrected chi connectivity index (χ4v) is 4.25. The number of aliphatic hydroxyl groups is 1. The lowest BCUT2D eigenvalue weighted by atomic mass is 10.0. The maximum atomic E-state index is 16.2. The summed E-state index contributed by atoms with van der Waals surface area (Å²) < 4.78 is 61.8. The Bertz CT molecular complexity index is 1830. The number of benzene rings is 2. The molecule has 0 saturated carbocycles. The molecular formula is C33H38F2N8O9. The molecule has 4 rings (SSSR count). The first-order chi connectivity index (χ1) is 24.8. The van der Waals surface area contributed by atoms with Crippen LogP contribution in [0.3, 0.4) is 0 Å². The largest absolute Gasteiger partial charge is 0.511 e. The Balaban J connectivity index is 1.74. The maximum Gasteiger partial charge on any atom is 0.511 e. The number of hydrogen-bond donors (Lipinski definition) is 4. The van der Waals surface area contributed by atoms with E-state index in [0.717, 1.165) is 4.68 Å². The second-order valence-corrected chi connectivity index (χ2v) is 11.6. The fraction of sp³-hybridized carbons (Fsp3) is 0.364. The van der Waals surface area contributed by atoms with E-state index in [1.807, 2.05) is 0 Å². The second-order valence-electron chi connectivity index (χ2n) is 11.6. The molecule has 4 aromatic rings. The van der Waals surface area contributed by atoms with Crippen molar-refractivity contribution in [3.8, 4) is 23.5 Å². The minimum atomic E-state index is -1.43. The average Bonchev–Trinajstić information content (AvgIpc) is 3.54. The number of aromatic nitrogens is 5. The van der Waals surface area contributed by atoms with E-state index in [9.17, 15) is 19.1 Å². The van der Waals surface area contributed by atoms with Gasteiger partial charge in [0.2, 0.25) is 6.79 Å². The molecule has 1 amide bonds. The van der Waals surface area contributed by atoms with Crippen LogP contribution in [0.1, 0.15) is 50.7 Å². The van der Waals surface area contributed by atoms with Gasteiger partial charge in [0.25, 0.3) is 5.95 Å². The number of hydrogen-bond acceptors (Lipinski definition) is 15. The molecule has 0 aliphatic carbocycles. The Hall–Kier alpha value is -6.11. The van der Waals surface area contributed by atoms with Gasteiger partial charge in [-0.25, -0.2) is 28.3 Å². The third-order valence-electron chi connectivity index (χ3n) is 6.63. The van der Waals surface area contributed by atoms with Gasteiger partial charge < -0.3 is 38.8 Å². The molecule has 0 aliphatic rings. The minimum Gasteiger partial charge on any atom is -0.497 e. The summed E-state index contributed by atoms with van der Waals surface area (Å²) in [4.78, 5) is 36.9. The number of amides is 1. The monoisotopic (exact) mass is 728 g/mol. The lowest BCUT2D eigenvalue weighted by Gasteiger charge is -2.21. The summed E-state index contributed by atoms with van der Waals surface area (Å²) in [5.74, 6) is -1.20. The van der Waals surface area contributed by atoms with E-state index in [0.29, 0.717) is 11.3 Å². The third kappa shape index (κ3) is 10.5. The van der Waals surface area contributed by atoms with Crippen molar-refractivity contribution in [2.45, 2.75) is 45.4 Å². The van der Waals surface area contributed by atoms with Crippen LogP contribution in [-0.2, 0) is 14.2 Å². The molecule has 0 spiro atoms. The highest BCUT2D eigenvalue weighted by Crippen LogP contribution is 2.36. The first-order valence-electron chi connectivity index (χ1n) is 15.7. The summed E-state index contributed by atoms with van der Waals surface area (Å²) in [6, 6.07) is 8.96. The molecule has 0 bridgehead atoms. The SMILES string of the molecule is COc1cc(OCCO)c(F)c([C@@H](Nc2ccc(C(=N)NC(=O)OC(C)C)cc2)c2nc(OCOC(=O)OC(C)(C)CF)n(-c3ncccn3)n2)c1. The van der Waals surface area contributed by atoms with Crippen molar-refractivity contribution in [2.75, 3.05) is 39.1 Å². The smallest absolute Gasteiger partial charge is 0.497 e. The summed E-state index contributed by atoms with van der Waals surface area (Å²) in [6.45, 7) is 3.76. The highest BCUT2D eigenvalue weighted by molar-refractivity contribution is 6.04. The number of anilines is 1. The van der Waals surface area contributed by atoms with E-state index < -0.39 is 43.2 Å².